The highest BCUT2D eigenvalue weighted by Gasteiger charge is 2.29. The Kier molecular flexibility index (Phi) is 16.2. The third kappa shape index (κ3) is 15.4. The lowest BCUT2D eigenvalue weighted by Gasteiger charge is -2.24. The summed E-state index contributed by atoms with van der Waals surface area (Å²) in [5, 5.41) is 53.6. The van der Waals surface area contributed by atoms with Gasteiger partial charge in [-0.1, -0.05) is 71.0 Å². The van der Waals surface area contributed by atoms with Crippen molar-refractivity contribution in [3.63, 3.8) is 0 Å². The van der Waals surface area contributed by atoms with Gasteiger partial charge in [0, 0.05) is 42.8 Å². The normalized spacial score (nSPS) is 13.0. The second-order valence-corrected chi connectivity index (χ2v) is 15.0. The molecule has 17 nitrogen and oxygen atoms in total. The Balaban J connectivity index is 1.67. The van der Waals surface area contributed by atoms with Crippen LogP contribution < -0.4 is 26.6 Å². The molecule has 3 aromatic rings. The van der Waals surface area contributed by atoms with Crippen molar-refractivity contribution in [2.24, 2.45) is 16.3 Å². The van der Waals surface area contributed by atoms with Gasteiger partial charge in [0.05, 0.1) is 11.3 Å². The first-order chi connectivity index (χ1) is 26.8. The molecule has 302 valence electrons. The van der Waals surface area contributed by atoms with Crippen molar-refractivity contribution >= 4 is 52.7 Å². The fourth-order valence-corrected chi connectivity index (χ4v) is 5.71. The summed E-state index contributed by atoms with van der Waals surface area (Å²) in [5.41, 5.74) is 2.02. The summed E-state index contributed by atoms with van der Waals surface area (Å²) >= 11 is 0. The lowest BCUT2D eigenvalue weighted by molar-refractivity contribution is -0.384. The molecule has 0 fully saturated rings. The molecule has 3 amide bonds. The van der Waals surface area contributed by atoms with E-state index in [1.54, 1.807) is 54.7 Å². The summed E-state index contributed by atoms with van der Waals surface area (Å²) in [5.74, 6) is -4.21. The first-order valence-electron chi connectivity index (χ1n) is 18.1. The number of nitro benzene ring substituents is 1. The molecule has 0 aliphatic heterocycles. The fraction of sp³-hybridized carbons (Fsp3) is 0.375. The highest BCUT2D eigenvalue weighted by Crippen LogP contribution is 2.20. The predicted molar refractivity (Wildman–Crippen MR) is 212 cm³/mol. The average Bonchev–Trinajstić information content (AvgIpc) is 3.11. The Morgan fingerprint density at radius 3 is 1.72 bits per heavy atom. The van der Waals surface area contributed by atoms with Crippen molar-refractivity contribution < 1.29 is 39.1 Å². The molecule has 3 unspecified atom stereocenters. The Hall–Kier alpha value is -6.83. The minimum absolute atomic E-state index is 0.0482. The maximum absolute atomic E-state index is 13.5. The van der Waals surface area contributed by atoms with Crippen molar-refractivity contribution in [3.8, 4) is 6.19 Å². The molecule has 0 spiro atoms. The SMILES string of the molecule is CC(C)CC(NC(=O)Cc1ccc(NC(=NC#N)Nc2ccc([N+](=O)[O-])cc2)cc1)C(=O)NC(Cc1ccccc1CC(NC(=O)CC(C)(C)C)C(=O)O)C(=O)O. The number of nitriles is 1. The number of carbonyl (C=O) groups is 5. The topological polar surface area (TPSA) is 265 Å². The number of aliphatic imine (C=N–C) groups is 1. The van der Waals surface area contributed by atoms with E-state index in [9.17, 15) is 44.3 Å². The standard InChI is InChI=1S/C40H48N8O9/c1-24(2)18-31(45-34(49)19-25-10-12-28(13-11-25)43-39(42-23-41)44-29-14-16-30(17-15-29)48(56)57)36(51)47-33(38(54)55)21-27-9-7-6-8-26(27)20-32(37(52)53)46-35(50)22-40(3,4)5/h6-17,24,31-33H,18-22H2,1-5H3,(H,45,49)(H,46,50)(H,47,51)(H,52,53)(H,54,55)(H2,42,43,44). The van der Waals surface area contributed by atoms with Crippen molar-refractivity contribution in [1.29, 1.82) is 5.26 Å². The van der Waals surface area contributed by atoms with E-state index in [1.165, 1.54) is 24.3 Å². The fourth-order valence-electron chi connectivity index (χ4n) is 5.71. The van der Waals surface area contributed by atoms with Crippen molar-refractivity contribution in [2.75, 3.05) is 10.6 Å². The van der Waals surface area contributed by atoms with E-state index in [2.05, 4.69) is 31.6 Å². The molecule has 0 radical (unpaired) electrons. The third-order valence-corrected chi connectivity index (χ3v) is 8.35. The maximum Gasteiger partial charge on any atom is 0.326 e. The number of nitrogens with one attached hydrogen (secondary N) is 5. The molecular weight excluding hydrogens is 736 g/mol. The molecule has 57 heavy (non-hydrogen) atoms. The lowest BCUT2D eigenvalue weighted by atomic mass is 9.91. The number of anilines is 2. The lowest BCUT2D eigenvalue weighted by Crippen LogP contribution is -2.53. The quantitative estimate of drug-likeness (QED) is 0.0311. The minimum atomic E-state index is -1.42. The summed E-state index contributed by atoms with van der Waals surface area (Å²) in [7, 11) is 0. The van der Waals surface area contributed by atoms with Gasteiger partial charge in [0.25, 0.3) is 5.69 Å². The summed E-state index contributed by atoms with van der Waals surface area (Å²) in [6.07, 6.45) is 1.57. The van der Waals surface area contributed by atoms with Crippen LogP contribution in [0.15, 0.2) is 77.8 Å². The largest absolute Gasteiger partial charge is 0.480 e. The van der Waals surface area contributed by atoms with Gasteiger partial charge in [0.1, 0.15) is 18.1 Å². The van der Waals surface area contributed by atoms with Crippen molar-refractivity contribution in [2.45, 2.75) is 84.8 Å². The van der Waals surface area contributed by atoms with Crippen LogP contribution in [0.3, 0.4) is 0 Å². The van der Waals surface area contributed by atoms with Crippen LogP contribution in [0.25, 0.3) is 0 Å². The van der Waals surface area contributed by atoms with Gasteiger partial charge in [0.2, 0.25) is 29.9 Å². The van der Waals surface area contributed by atoms with Gasteiger partial charge < -0.3 is 36.8 Å². The van der Waals surface area contributed by atoms with Crippen LogP contribution in [0, 0.1) is 32.9 Å². The first kappa shape index (κ1) is 44.6. The van der Waals surface area contributed by atoms with E-state index in [-0.39, 0.29) is 55.1 Å². The Morgan fingerprint density at radius 1 is 0.772 bits per heavy atom. The molecule has 7 N–H and O–H groups in total. The van der Waals surface area contributed by atoms with Gasteiger partial charge in [0.15, 0.2) is 0 Å². The van der Waals surface area contributed by atoms with Crippen LogP contribution >= 0.6 is 0 Å². The second-order valence-electron chi connectivity index (χ2n) is 15.0. The Bertz CT molecular complexity index is 1990. The zero-order valence-electron chi connectivity index (χ0n) is 32.4. The number of guanidine groups is 1. The van der Waals surface area contributed by atoms with Crippen LogP contribution in [-0.4, -0.2) is 68.9 Å². The Labute approximate surface area is 330 Å². The number of non-ortho nitro benzene ring substituents is 1. The predicted octanol–water partition coefficient (Wildman–Crippen LogP) is 4.39. The van der Waals surface area contributed by atoms with E-state index < -0.39 is 52.7 Å². The van der Waals surface area contributed by atoms with Gasteiger partial charge in [-0.2, -0.15) is 5.26 Å². The van der Waals surface area contributed by atoms with E-state index in [0.717, 1.165) is 0 Å². The molecule has 0 saturated carbocycles. The van der Waals surface area contributed by atoms with Gasteiger partial charge >= 0.3 is 11.9 Å². The van der Waals surface area contributed by atoms with Gasteiger partial charge in [-0.3, -0.25) is 24.5 Å². The van der Waals surface area contributed by atoms with Crippen LogP contribution in [0.1, 0.15) is 64.2 Å². The number of aliphatic carboxylic acids is 2. The highest BCUT2D eigenvalue weighted by molar-refractivity contribution is 6.04. The highest BCUT2D eigenvalue weighted by atomic mass is 16.6. The summed E-state index contributed by atoms with van der Waals surface area (Å²) in [6, 6.07) is 14.9. The van der Waals surface area contributed by atoms with E-state index >= 15 is 0 Å². The molecular formula is C40H48N8O9. The second kappa shape index (κ2) is 20.7. The molecule has 0 aromatic heterocycles. The molecule has 0 heterocycles. The van der Waals surface area contributed by atoms with E-state index in [1.807, 2.05) is 34.6 Å². The van der Waals surface area contributed by atoms with Crippen molar-refractivity contribution in [3.05, 3.63) is 99.6 Å². The van der Waals surface area contributed by atoms with Gasteiger partial charge in [-0.15, -0.1) is 4.99 Å². The molecule has 17 heteroatoms. The number of benzene rings is 3. The maximum atomic E-state index is 13.5. The molecule has 3 atom stereocenters. The molecule has 0 aliphatic carbocycles. The van der Waals surface area contributed by atoms with Crippen LogP contribution in [0.4, 0.5) is 17.1 Å². The van der Waals surface area contributed by atoms with Gasteiger partial charge in [-0.25, -0.2) is 9.59 Å². The zero-order valence-corrected chi connectivity index (χ0v) is 32.4. The van der Waals surface area contributed by atoms with Crippen LogP contribution in [-0.2, 0) is 43.2 Å². The molecule has 0 aliphatic rings. The number of carboxylic acids is 2. The average molecular weight is 785 g/mol. The van der Waals surface area contributed by atoms with E-state index in [0.29, 0.717) is 28.1 Å². The smallest absolute Gasteiger partial charge is 0.326 e. The zero-order chi connectivity index (χ0) is 42.3. The van der Waals surface area contributed by atoms with Gasteiger partial charge in [-0.05, 0) is 58.7 Å². The molecule has 3 rings (SSSR count). The number of carbonyl (C=O) groups excluding carboxylic acids is 3. The number of amides is 3. The number of rotatable bonds is 18. The summed E-state index contributed by atoms with van der Waals surface area (Å²) < 4.78 is 0. The number of hydrogen-bond acceptors (Lipinski definition) is 9. The molecule has 0 bridgehead atoms. The van der Waals surface area contributed by atoms with Crippen molar-refractivity contribution in [1.82, 2.24) is 16.0 Å². The number of hydrogen-bond donors (Lipinski definition) is 7. The van der Waals surface area contributed by atoms with E-state index in [4.69, 9.17) is 5.26 Å². The third-order valence-electron chi connectivity index (χ3n) is 8.35. The van der Waals surface area contributed by atoms with Crippen LogP contribution in [0.2, 0.25) is 0 Å². The first-order valence-corrected chi connectivity index (χ1v) is 18.1. The van der Waals surface area contributed by atoms with Crippen LogP contribution in [0.5, 0.6) is 0 Å². The summed E-state index contributed by atoms with van der Waals surface area (Å²) in [6.45, 7) is 9.26. The molecule has 0 saturated heterocycles. The Morgan fingerprint density at radius 2 is 1.26 bits per heavy atom. The number of nitro groups is 1. The monoisotopic (exact) mass is 784 g/mol. The number of carboxylic acid groups (broad SMARTS) is 2. The summed E-state index contributed by atoms with van der Waals surface area (Å²) in [4.78, 5) is 77.9. The minimum Gasteiger partial charge on any atom is -0.480 e. The number of nitrogens with zero attached hydrogens (tertiary/aromatic N) is 3. The molecule has 3 aromatic carbocycles.